The second-order valence-electron chi connectivity index (χ2n) is 23.5. The summed E-state index contributed by atoms with van der Waals surface area (Å²) in [5.41, 5.74) is 4.03. The van der Waals surface area contributed by atoms with Crippen LogP contribution in [0.1, 0.15) is 128 Å². The number of rotatable bonds is 10. The lowest BCUT2D eigenvalue weighted by Crippen LogP contribution is -2.70. The molecule has 8 fully saturated rings. The Hall–Kier alpha value is -4.18. The average Bonchev–Trinajstić information content (AvgIpc) is 3.81. The molecule has 1 spiro atoms. The van der Waals surface area contributed by atoms with Crippen molar-refractivity contribution in [1.82, 2.24) is 15.3 Å². The van der Waals surface area contributed by atoms with Gasteiger partial charge in [0, 0.05) is 32.2 Å². The highest BCUT2D eigenvalue weighted by molar-refractivity contribution is 5.96. The largest absolute Gasteiger partial charge is 0.460 e. The maximum absolute atomic E-state index is 15.7. The van der Waals surface area contributed by atoms with Crippen LogP contribution in [0, 0.1) is 22.7 Å². The number of amides is 2. The molecule has 0 radical (unpaired) electrons. The van der Waals surface area contributed by atoms with Crippen LogP contribution in [0.5, 0.6) is 0 Å². The van der Waals surface area contributed by atoms with Gasteiger partial charge >= 0.3 is 11.9 Å². The van der Waals surface area contributed by atoms with Crippen LogP contribution < -0.4 is 5.32 Å². The van der Waals surface area contributed by atoms with E-state index in [0.29, 0.717) is 55.6 Å². The lowest BCUT2D eigenvalue weighted by Gasteiger charge is -2.53. The van der Waals surface area contributed by atoms with Gasteiger partial charge in [0.25, 0.3) is 0 Å². The average molecular weight is 936 g/mol. The second kappa shape index (κ2) is 16.7. The molecular formula is C54H69N3O11. The Morgan fingerprint density at radius 2 is 1.69 bits per heavy atom. The first-order valence-corrected chi connectivity index (χ1v) is 25.4. The second-order valence-corrected chi connectivity index (χ2v) is 23.5. The summed E-state index contributed by atoms with van der Waals surface area (Å²) < 4.78 is 31.8. The van der Waals surface area contributed by atoms with E-state index in [9.17, 15) is 19.5 Å². The maximum atomic E-state index is 15.7. The minimum atomic E-state index is -1.45. The van der Waals surface area contributed by atoms with Crippen molar-refractivity contribution in [2.75, 3.05) is 13.2 Å². The van der Waals surface area contributed by atoms with E-state index in [1.165, 1.54) is 18.4 Å². The van der Waals surface area contributed by atoms with Crippen molar-refractivity contribution in [2.24, 2.45) is 22.7 Å². The molecule has 366 valence electrons. The van der Waals surface area contributed by atoms with Gasteiger partial charge in [0.2, 0.25) is 11.8 Å². The molecular weight excluding hydrogens is 867 g/mol. The predicted octanol–water partition coefficient (Wildman–Crippen LogP) is 6.13. The van der Waals surface area contributed by atoms with Crippen LogP contribution in [0.4, 0.5) is 0 Å². The summed E-state index contributed by atoms with van der Waals surface area (Å²) in [5.74, 6) is -1.56. The molecule has 2 aromatic carbocycles. The number of aliphatic hydroxyl groups is 1. The molecule has 11 rings (SSSR count). The van der Waals surface area contributed by atoms with Gasteiger partial charge in [-0.15, -0.1) is 0 Å². The normalized spacial score (nSPS) is 37.1. The van der Waals surface area contributed by atoms with Gasteiger partial charge in [-0.3, -0.25) is 24.0 Å². The number of hydroxylamine groups is 2. The molecule has 0 aromatic heterocycles. The fraction of sp³-hybridized carbons (Fsp3) is 0.667. The van der Waals surface area contributed by atoms with Gasteiger partial charge in [-0.25, -0.2) is 0 Å². The molecule has 68 heavy (non-hydrogen) atoms. The van der Waals surface area contributed by atoms with Crippen molar-refractivity contribution >= 4 is 29.8 Å². The van der Waals surface area contributed by atoms with Gasteiger partial charge in [-0.1, -0.05) is 74.0 Å². The number of benzene rings is 2. The van der Waals surface area contributed by atoms with Crippen LogP contribution in [0.3, 0.4) is 0 Å². The van der Waals surface area contributed by atoms with Crippen molar-refractivity contribution in [3.63, 3.8) is 0 Å². The standard InChI is InChI=1S/C54H69N3O11/c1-50(2,3)65-42(59)20-18-36(30-58)55-47(60)39-12-9-23-56(39)49(62)54-28-40-43-44(67-53(66-43)25-34-10-7-8-11-35(34)26-53)46(54)68-57(45(54)48(61)63-40)29-32-15-13-31(14-16-32)24-33-17-19-41-52(6,64-41)22-21-38-37(33)27-51(38,4)5/h7-8,10-11,13-16,24,36-41,43-46,58H,9,12,17-23,25-30H2,1-6H3,(H,55,60). The number of aliphatic hydroxyl groups excluding tert-OH is 1. The van der Waals surface area contributed by atoms with Crippen molar-refractivity contribution < 1.29 is 52.8 Å². The number of fused-ring (bicyclic) bond motifs is 7. The summed E-state index contributed by atoms with van der Waals surface area (Å²) in [7, 11) is 0. The molecule has 14 nitrogen and oxygen atoms in total. The molecule has 2 amide bonds. The van der Waals surface area contributed by atoms with E-state index >= 15 is 4.79 Å². The highest BCUT2D eigenvalue weighted by Crippen LogP contribution is 2.61. The van der Waals surface area contributed by atoms with E-state index in [1.807, 2.05) is 12.1 Å². The number of carbonyl (C=O) groups excluding carboxylic acids is 4. The Bertz CT molecular complexity index is 2350. The number of hydrogen-bond donors (Lipinski definition) is 2. The molecule has 12 unspecified atom stereocenters. The monoisotopic (exact) mass is 935 g/mol. The lowest BCUT2D eigenvalue weighted by atomic mass is 9.52. The quantitative estimate of drug-likeness (QED) is 0.207. The number of ether oxygens (including phenoxy) is 5. The van der Waals surface area contributed by atoms with Gasteiger partial charge in [0.1, 0.15) is 41.5 Å². The molecule has 12 atom stereocenters. The number of nitrogens with zero attached hydrogens (tertiary/aromatic N) is 2. The summed E-state index contributed by atoms with van der Waals surface area (Å²) in [6, 6.07) is 13.9. The van der Waals surface area contributed by atoms with Crippen molar-refractivity contribution in [3.8, 4) is 0 Å². The van der Waals surface area contributed by atoms with Gasteiger partial charge in [0.05, 0.1) is 30.9 Å². The van der Waals surface area contributed by atoms with Crippen LogP contribution in [0.2, 0.25) is 0 Å². The fourth-order valence-corrected chi connectivity index (χ4v) is 13.8. The number of epoxide rings is 1. The molecule has 9 aliphatic rings. The Balaban J connectivity index is 0.862. The Labute approximate surface area is 399 Å². The van der Waals surface area contributed by atoms with Gasteiger partial charge < -0.3 is 39.0 Å². The first-order valence-electron chi connectivity index (χ1n) is 25.4. The van der Waals surface area contributed by atoms with E-state index in [1.54, 1.807) is 30.7 Å². The first kappa shape index (κ1) is 46.2. The number of esters is 2. The molecule has 14 heteroatoms. The third kappa shape index (κ3) is 8.02. The topological polar surface area (TPSA) is 166 Å². The van der Waals surface area contributed by atoms with Crippen molar-refractivity contribution in [2.45, 2.75) is 191 Å². The van der Waals surface area contributed by atoms with Gasteiger partial charge in [-0.2, -0.15) is 5.06 Å². The smallest absolute Gasteiger partial charge is 0.327 e. The third-order valence-corrected chi connectivity index (χ3v) is 17.3. The van der Waals surface area contributed by atoms with Crippen LogP contribution >= 0.6 is 0 Å². The maximum Gasteiger partial charge on any atom is 0.327 e. The van der Waals surface area contributed by atoms with Gasteiger partial charge in [0.15, 0.2) is 11.8 Å². The summed E-state index contributed by atoms with van der Waals surface area (Å²) >= 11 is 0. The van der Waals surface area contributed by atoms with E-state index < -0.39 is 83.8 Å². The van der Waals surface area contributed by atoms with Crippen molar-refractivity contribution in [1.29, 1.82) is 0 Å². The minimum absolute atomic E-state index is 0.00601. The fourth-order valence-electron chi connectivity index (χ4n) is 13.8. The SMILES string of the molecule is CC(C)(C)OC(=O)CCC(CO)NC(=O)C1CCCN1C(=O)C12CC3OC(=O)C1N(Cc1ccc(C=C4CCC5OC5(C)CCC5C4CC5(C)C)cc1)OC2C1OC2(Cc4ccccc4C2)OC31. The highest BCUT2D eigenvalue weighted by Gasteiger charge is 2.77. The van der Waals surface area contributed by atoms with Crippen LogP contribution in [0.15, 0.2) is 54.1 Å². The zero-order valence-corrected chi connectivity index (χ0v) is 40.5. The Morgan fingerprint density at radius 1 is 0.956 bits per heavy atom. The van der Waals surface area contributed by atoms with E-state index in [0.717, 1.165) is 41.5 Å². The Kier molecular flexibility index (Phi) is 11.4. The number of likely N-dealkylation sites (tertiary alicyclic amines) is 1. The van der Waals surface area contributed by atoms with Crippen molar-refractivity contribution in [3.05, 3.63) is 76.4 Å². The molecule has 5 aliphatic heterocycles. The van der Waals surface area contributed by atoms with Crippen LogP contribution in [0.25, 0.3) is 6.08 Å². The molecule has 2 bridgehead atoms. The number of nitrogens with one attached hydrogen (secondary N) is 1. The number of carbonyl (C=O) groups is 4. The minimum Gasteiger partial charge on any atom is -0.460 e. The van der Waals surface area contributed by atoms with E-state index in [-0.39, 0.29) is 37.3 Å². The molecule has 5 saturated heterocycles. The lowest BCUT2D eigenvalue weighted by molar-refractivity contribution is -0.218. The highest BCUT2D eigenvalue weighted by atomic mass is 16.8. The van der Waals surface area contributed by atoms with Crippen LogP contribution in [-0.2, 0) is 67.1 Å². The summed E-state index contributed by atoms with van der Waals surface area (Å²) in [6.45, 7) is 12.6. The number of hydrogen-bond acceptors (Lipinski definition) is 12. The van der Waals surface area contributed by atoms with E-state index in [2.05, 4.69) is 68.6 Å². The van der Waals surface area contributed by atoms with Gasteiger partial charge in [-0.05, 0) is 119 Å². The van der Waals surface area contributed by atoms with Crippen LogP contribution in [-0.4, -0.2) is 118 Å². The zero-order valence-electron chi connectivity index (χ0n) is 40.5. The first-order chi connectivity index (χ1) is 32.4. The third-order valence-electron chi connectivity index (χ3n) is 17.3. The molecule has 5 heterocycles. The Morgan fingerprint density at radius 3 is 2.40 bits per heavy atom. The summed E-state index contributed by atoms with van der Waals surface area (Å²) in [4.78, 5) is 65.5. The molecule has 4 aliphatic carbocycles. The summed E-state index contributed by atoms with van der Waals surface area (Å²) in [5, 5.41) is 14.8. The summed E-state index contributed by atoms with van der Waals surface area (Å²) in [6.07, 6.45) is 7.52. The van der Waals surface area contributed by atoms with E-state index in [4.69, 9.17) is 28.5 Å². The molecule has 2 aromatic rings. The molecule has 3 saturated carbocycles. The zero-order chi connectivity index (χ0) is 47.5. The molecule has 2 N–H and O–H groups in total. The number of allylic oxidation sites excluding steroid dienone is 1. The predicted molar refractivity (Wildman–Crippen MR) is 248 cm³/mol.